The van der Waals surface area contributed by atoms with Crippen LogP contribution in [0.1, 0.15) is 16.8 Å². The number of hydrogen-bond donors (Lipinski definition) is 1. The summed E-state index contributed by atoms with van der Waals surface area (Å²) in [6.07, 6.45) is -5.14. The predicted molar refractivity (Wildman–Crippen MR) is 142 cm³/mol. The first-order valence-electron chi connectivity index (χ1n) is 12.3. The Morgan fingerprint density at radius 3 is 2.51 bits per heavy atom. The molecule has 0 unspecified atom stereocenters. The Bertz CT molecular complexity index is 1390. The maximum atomic E-state index is 13.0. The van der Waals surface area contributed by atoms with Crippen LogP contribution in [0.5, 0.6) is 11.5 Å². The third kappa shape index (κ3) is 9.23. The number of amidine groups is 1. The number of hydrogen-bond acceptors (Lipinski definition) is 6. The quantitative estimate of drug-likeness (QED) is 0.198. The van der Waals surface area contributed by atoms with E-state index >= 15 is 0 Å². The Hall–Kier alpha value is -3.55. The van der Waals surface area contributed by atoms with Crippen LogP contribution in [0.25, 0.3) is 0 Å². The summed E-state index contributed by atoms with van der Waals surface area (Å²) < 4.78 is 92.9. The first-order valence-corrected chi connectivity index (χ1v) is 12.7. The van der Waals surface area contributed by atoms with Gasteiger partial charge in [-0.05, 0) is 48.0 Å². The van der Waals surface area contributed by atoms with Gasteiger partial charge >= 0.3 is 12.4 Å². The number of nitrogens with one attached hydrogen (secondary N) is 1. The number of anilines is 1. The minimum absolute atomic E-state index is 0.00542. The van der Waals surface area contributed by atoms with E-state index in [1.54, 1.807) is 12.1 Å². The number of aromatic nitrogens is 1. The average molecular weight is 603 g/mol. The number of ether oxygens (including phenoxy) is 3. The lowest BCUT2D eigenvalue weighted by molar-refractivity contribution is -0.176. The molecule has 0 fully saturated rings. The zero-order valence-corrected chi connectivity index (χ0v) is 22.2. The van der Waals surface area contributed by atoms with Crippen LogP contribution in [0.4, 0.5) is 32.0 Å². The Balaban J connectivity index is 1.36. The number of alkyl halides is 6. The van der Waals surface area contributed by atoms with Gasteiger partial charge in [-0.25, -0.2) is 4.99 Å². The highest BCUT2D eigenvalue weighted by Crippen LogP contribution is 2.35. The molecule has 14 heteroatoms. The summed E-state index contributed by atoms with van der Waals surface area (Å²) in [4.78, 5) is 8.68. The molecule has 0 saturated carbocycles. The number of aliphatic imine (C=N–C) groups is 2. The van der Waals surface area contributed by atoms with Gasteiger partial charge in [-0.3, -0.25) is 4.99 Å². The van der Waals surface area contributed by atoms with E-state index in [-0.39, 0.29) is 36.3 Å². The second-order valence-electron chi connectivity index (χ2n) is 8.87. The Labute approximate surface area is 236 Å². The van der Waals surface area contributed by atoms with E-state index in [0.717, 1.165) is 23.4 Å². The largest absolute Gasteiger partial charge is 0.456 e. The molecule has 3 aromatic rings. The van der Waals surface area contributed by atoms with Gasteiger partial charge in [0.05, 0.1) is 37.0 Å². The fourth-order valence-electron chi connectivity index (χ4n) is 3.91. The van der Waals surface area contributed by atoms with Crippen molar-refractivity contribution in [1.29, 1.82) is 0 Å². The molecule has 1 aliphatic rings. The van der Waals surface area contributed by atoms with Gasteiger partial charge in [-0.1, -0.05) is 17.7 Å². The molecule has 0 atom stereocenters. The SMILES string of the molecule is FC(F)(F)COCCOCCn1ccc2c1CC(Nc1ccc(Oc3cccc(C(F)(F)F)c3)c(Cl)c1)=NC=NC2. The molecule has 0 bridgehead atoms. The fraction of sp³-hybridized carbons (Fsp3) is 0.333. The van der Waals surface area contributed by atoms with E-state index in [1.165, 1.54) is 24.5 Å². The van der Waals surface area contributed by atoms with Crippen LogP contribution in [0.15, 0.2) is 64.7 Å². The summed E-state index contributed by atoms with van der Waals surface area (Å²) in [6.45, 7) is -0.286. The van der Waals surface area contributed by atoms with Gasteiger partial charge in [0.1, 0.15) is 30.3 Å². The molecule has 0 amide bonds. The predicted octanol–water partition coefficient (Wildman–Crippen LogP) is 7.14. The molecule has 1 N–H and O–H groups in total. The van der Waals surface area contributed by atoms with E-state index in [1.807, 2.05) is 16.8 Å². The molecule has 7 nitrogen and oxygen atoms in total. The van der Waals surface area contributed by atoms with Crippen molar-refractivity contribution in [3.05, 3.63) is 76.6 Å². The van der Waals surface area contributed by atoms with Crippen molar-refractivity contribution in [3.8, 4) is 11.5 Å². The van der Waals surface area contributed by atoms with Crippen LogP contribution in [-0.2, 0) is 35.2 Å². The summed E-state index contributed by atoms with van der Waals surface area (Å²) in [5.74, 6) is 0.727. The van der Waals surface area contributed by atoms with Crippen LogP contribution in [0.2, 0.25) is 5.02 Å². The van der Waals surface area contributed by atoms with E-state index < -0.39 is 24.5 Å². The highest BCUT2D eigenvalue weighted by molar-refractivity contribution is 6.32. The zero-order chi connectivity index (χ0) is 29.5. The lowest BCUT2D eigenvalue weighted by Crippen LogP contribution is -2.21. The minimum atomic E-state index is -4.50. The molecule has 0 aliphatic carbocycles. The molecule has 1 aliphatic heterocycles. The molecule has 41 heavy (non-hydrogen) atoms. The van der Waals surface area contributed by atoms with Gasteiger partial charge in [0.15, 0.2) is 0 Å². The van der Waals surface area contributed by atoms with Gasteiger partial charge in [0.2, 0.25) is 0 Å². The van der Waals surface area contributed by atoms with Gasteiger partial charge in [-0.2, -0.15) is 26.3 Å². The second-order valence-corrected chi connectivity index (χ2v) is 9.27. The van der Waals surface area contributed by atoms with Gasteiger partial charge < -0.3 is 24.1 Å². The maximum absolute atomic E-state index is 13.0. The lowest BCUT2D eigenvalue weighted by atomic mass is 10.1. The Morgan fingerprint density at radius 2 is 1.76 bits per heavy atom. The summed E-state index contributed by atoms with van der Waals surface area (Å²) in [5.41, 5.74) is 1.65. The number of benzene rings is 2. The standard InChI is InChI=1S/C27H25ClF6N4O3/c28-22-13-20(4-5-24(22)41-21-3-1-2-19(12-21)27(32,33)34)37-25-14-23-18(15-35-17-36-25)6-7-38(23)8-9-39-10-11-40-16-26(29,30)31/h1-7,12-13,17H,8-11,14-16H2,(H,35,36,37). The normalized spacial score (nSPS) is 13.8. The zero-order valence-electron chi connectivity index (χ0n) is 21.4. The van der Waals surface area contributed by atoms with Crippen molar-refractivity contribution in [2.45, 2.75) is 31.9 Å². The molecule has 0 spiro atoms. The molecule has 4 rings (SSSR count). The minimum Gasteiger partial charge on any atom is -0.456 e. The van der Waals surface area contributed by atoms with E-state index in [2.05, 4.69) is 20.0 Å². The molecule has 2 heterocycles. The number of rotatable bonds is 10. The maximum Gasteiger partial charge on any atom is 0.416 e. The van der Waals surface area contributed by atoms with Crippen molar-refractivity contribution in [3.63, 3.8) is 0 Å². The van der Waals surface area contributed by atoms with E-state index in [0.29, 0.717) is 31.0 Å². The molecular weight excluding hydrogens is 578 g/mol. The number of nitrogens with zero attached hydrogens (tertiary/aromatic N) is 3. The second kappa shape index (κ2) is 13.4. The summed E-state index contributed by atoms with van der Waals surface area (Å²) in [6, 6.07) is 11.2. The van der Waals surface area contributed by atoms with Gasteiger partial charge in [0, 0.05) is 30.5 Å². The Kier molecular flexibility index (Phi) is 9.94. The summed E-state index contributed by atoms with van der Waals surface area (Å²) >= 11 is 6.36. The number of halogens is 7. The molecular formula is C27H25ClF6N4O3. The summed E-state index contributed by atoms with van der Waals surface area (Å²) in [7, 11) is 0. The van der Waals surface area contributed by atoms with Crippen LogP contribution >= 0.6 is 11.6 Å². The number of fused-ring (bicyclic) bond motifs is 1. The summed E-state index contributed by atoms with van der Waals surface area (Å²) in [5, 5.41) is 3.36. The van der Waals surface area contributed by atoms with Crippen molar-refractivity contribution >= 4 is 29.5 Å². The third-order valence-electron chi connectivity index (χ3n) is 5.79. The topological polar surface area (TPSA) is 69.4 Å². The van der Waals surface area contributed by atoms with Crippen LogP contribution < -0.4 is 10.1 Å². The van der Waals surface area contributed by atoms with Gasteiger partial charge in [0.25, 0.3) is 0 Å². The van der Waals surface area contributed by atoms with Gasteiger partial charge in [-0.15, -0.1) is 0 Å². The van der Waals surface area contributed by atoms with Crippen molar-refractivity contribution in [2.24, 2.45) is 9.98 Å². The molecule has 2 aromatic carbocycles. The Morgan fingerprint density at radius 1 is 0.951 bits per heavy atom. The molecule has 0 saturated heterocycles. The van der Waals surface area contributed by atoms with Crippen LogP contribution in [0.3, 0.4) is 0 Å². The molecule has 0 radical (unpaired) electrons. The lowest BCUT2D eigenvalue weighted by Gasteiger charge is -2.16. The molecule has 220 valence electrons. The smallest absolute Gasteiger partial charge is 0.416 e. The average Bonchev–Trinajstić information content (AvgIpc) is 3.25. The van der Waals surface area contributed by atoms with E-state index in [9.17, 15) is 26.3 Å². The fourth-order valence-corrected chi connectivity index (χ4v) is 4.13. The van der Waals surface area contributed by atoms with Crippen LogP contribution in [-0.4, -0.2) is 49.3 Å². The van der Waals surface area contributed by atoms with Crippen molar-refractivity contribution in [1.82, 2.24) is 4.57 Å². The van der Waals surface area contributed by atoms with E-state index in [4.69, 9.17) is 21.1 Å². The third-order valence-corrected chi connectivity index (χ3v) is 6.08. The first kappa shape index (κ1) is 30.4. The van der Waals surface area contributed by atoms with Crippen molar-refractivity contribution in [2.75, 3.05) is 31.7 Å². The van der Waals surface area contributed by atoms with Crippen LogP contribution in [0, 0.1) is 0 Å². The molecule has 1 aromatic heterocycles. The first-order chi connectivity index (χ1) is 19.5. The highest BCUT2D eigenvalue weighted by Gasteiger charge is 2.30. The van der Waals surface area contributed by atoms with Crippen molar-refractivity contribution < 1.29 is 40.6 Å². The highest BCUT2D eigenvalue weighted by atomic mass is 35.5. The monoisotopic (exact) mass is 602 g/mol.